The number of hydrogen-bond acceptors (Lipinski definition) is 4. The van der Waals surface area contributed by atoms with Gasteiger partial charge < -0.3 is 25.0 Å². The smallest absolute Gasteiger partial charge is 0.191 e. The molecule has 1 aromatic rings. The van der Waals surface area contributed by atoms with Crippen LogP contribution >= 0.6 is 0 Å². The molecule has 23 heavy (non-hydrogen) atoms. The molecule has 0 fully saturated rings. The zero-order valence-corrected chi connectivity index (χ0v) is 14.9. The highest BCUT2D eigenvalue weighted by Crippen LogP contribution is 2.21. The molecule has 6 nitrogen and oxygen atoms in total. The Morgan fingerprint density at radius 3 is 2.39 bits per heavy atom. The molecule has 1 atom stereocenters. The molecule has 0 aliphatic carbocycles. The first-order valence-corrected chi connectivity index (χ1v) is 7.93. The second-order valence-electron chi connectivity index (χ2n) is 5.39. The van der Waals surface area contributed by atoms with Crippen LogP contribution in [0.25, 0.3) is 0 Å². The van der Waals surface area contributed by atoms with Crippen molar-refractivity contribution < 1.29 is 9.47 Å². The Morgan fingerprint density at radius 2 is 1.87 bits per heavy atom. The maximum atomic E-state index is 5.22. The molecular formula is C17H30N4O2. The van der Waals surface area contributed by atoms with E-state index in [4.69, 9.17) is 14.5 Å². The summed E-state index contributed by atoms with van der Waals surface area (Å²) in [6.45, 7) is 4.94. The van der Waals surface area contributed by atoms with Gasteiger partial charge in [-0.1, -0.05) is 12.1 Å². The summed E-state index contributed by atoms with van der Waals surface area (Å²) in [5.74, 6) is 1.68. The highest BCUT2D eigenvalue weighted by molar-refractivity contribution is 5.79. The fourth-order valence-electron chi connectivity index (χ4n) is 2.18. The van der Waals surface area contributed by atoms with Gasteiger partial charge in [-0.05, 0) is 38.7 Å². The molecule has 2 N–H and O–H groups in total. The van der Waals surface area contributed by atoms with Gasteiger partial charge in [0.2, 0.25) is 0 Å². The number of hydrogen-bond donors (Lipinski definition) is 2. The van der Waals surface area contributed by atoms with Crippen molar-refractivity contribution in [2.45, 2.75) is 13.0 Å². The molecule has 0 amide bonds. The second kappa shape index (κ2) is 10.9. The van der Waals surface area contributed by atoms with Gasteiger partial charge in [-0.15, -0.1) is 0 Å². The van der Waals surface area contributed by atoms with E-state index < -0.39 is 0 Å². The van der Waals surface area contributed by atoms with E-state index in [1.165, 1.54) is 5.56 Å². The standard InChI is InChI=1S/C17H30N4O2/c1-6-18-17(19-11-12-22-4)20-13-16(21(2)3)14-7-9-15(23-5)10-8-14/h7-10,16H,6,11-13H2,1-5H3,(H2,18,19,20). The van der Waals surface area contributed by atoms with Crippen molar-refractivity contribution in [3.05, 3.63) is 29.8 Å². The number of methoxy groups -OCH3 is 2. The van der Waals surface area contributed by atoms with Crippen LogP contribution in [-0.2, 0) is 4.74 Å². The molecule has 1 unspecified atom stereocenters. The van der Waals surface area contributed by atoms with Gasteiger partial charge in [0.1, 0.15) is 5.75 Å². The molecule has 1 aromatic carbocycles. The van der Waals surface area contributed by atoms with Crippen LogP contribution in [0.4, 0.5) is 0 Å². The molecule has 130 valence electrons. The molecule has 0 aliphatic rings. The van der Waals surface area contributed by atoms with E-state index in [-0.39, 0.29) is 6.04 Å². The quantitative estimate of drug-likeness (QED) is 0.410. The number of guanidine groups is 1. The van der Waals surface area contributed by atoms with Crippen molar-refractivity contribution in [3.8, 4) is 5.75 Å². The lowest BCUT2D eigenvalue weighted by Crippen LogP contribution is -2.39. The third-order valence-electron chi connectivity index (χ3n) is 3.49. The molecule has 0 radical (unpaired) electrons. The topological polar surface area (TPSA) is 58.1 Å². The zero-order chi connectivity index (χ0) is 17.1. The molecule has 1 rings (SSSR count). The maximum absolute atomic E-state index is 5.22. The minimum atomic E-state index is 0.207. The van der Waals surface area contributed by atoms with Crippen LogP contribution in [0.1, 0.15) is 18.5 Å². The number of likely N-dealkylation sites (N-methyl/N-ethyl adjacent to an activating group) is 1. The van der Waals surface area contributed by atoms with Gasteiger partial charge in [-0.3, -0.25) is 4.99 Å². The van der Waals surface area contributed by atoms with Gasteiger partial charge in [-0.25, -0.2) is 0 Å². The summed E-state index contributed by atoms with van der Waals surface area (Å²) >= 11 is 0. The van der Waals surface area contributed by atoms with E-state index in [0.717, 1.165) is 24.8 Å². The number of nitrogens with one attached hydrogen (secondary N) is 2. The maximum Gasteiger partial charge on any atom is 0.191 e. The molecular weight excluding hydrogens is 292 g/mol. The van der Waals surface area contributed by atoms with Crippen LogP contribution in [0.15, 0.2) is 29.3 Å². The molecule has 0 aliphatic heterocycles. The number of rotatable bonds is 9. The third kappa shape index (κ3) is 6.88. The molecule has 0 saturated heterocycles. The van der Waals surface area contributed by atoms with E-state index in [1.807, 2.05) is 12.1 Å². The monoisotopic (exact) mass is 322 g/mol. The minimum Gasteiger partial charge on any atom is -0.497 e. The van der Waals surface area contributed by atoms with Crippen molar-refractivity contribution in [2.24, 2.45) is 4.99 Å². The molecule has 0 bridgehead atoms. The lowest BCUT2D eigenvalue weighted by molar-refractivity contribution is 0.203. The fraction of sp³-hybridized carbons (Fsp3) is 0.588. The molecule has 6 heteroatoms. The number of aliphatic imine (C=N–C) groups is 1. The Labute approximate surface area is 139 Å². The average molecular weight is 322 g/mol. The summed E-state index contributed by atoms with van der Waals surface area (Å²) in [7, 11) is 7.50. The van der Waals surface area contributed by atoms with Crippen molar-refractivity contribution in [3.63, 3.8) is 0 Å². The summed E-state index contributed by atoms with van der Waals surface area (Å²) < 4.78 is 10.3. The van der Waals surface area contributed by atoms with Gasteiger partial charge in [0.05, 0.1) is 26.3 Å². The lowest BCUT2D eigenvalue weighted by Gasteiger charge is -2.24. The number of nitrogens with zero attached hydrogens (tertiary/aromatic N) is 2. The first-order valence-electron chi connectivity index (χ1n) is 7.93. The number of benzene rings is 1. The Kier molecular flexibility index (Phi) is 9.09. The predicted octanol–water partition coefficient (Wildman–Crippen LogP) is 1.50. The van der Waals surface area contributed by atoms with E-state index in [1.54, 1.807) is 14.2 Å². The predicted molar refractivity (Wildman–Crippen MR) is 95.3 cm³/mol. The summed E-state index contributed by atoms with van der Waals surface area (Å²) in [6.07, 6.45) is 0. The molecule has 0 spiro atoms. The SMILES string of the molecule is CCNC(=NCC(c1ccc(OC)cc1)N(C)C)NCCOC. The van der Waals surface area contributed by atoms with Crippen molar-refractivity contribution >= 4 is 5.96 Å². The van der Waals surface area contributed by atoms with Crippen LogP contribution in [-0.4, -0.2) is 65.4 Å². The summed E-state index contributed by atoms with van der Waals surface area (Å²) in [5, 5.41) is 6.51. The summed E-state index contributed by atoms with van der Waals surface area (Å²) in [6, 6.07) is 8.35. The highest BCUT2D eigenvalue weighted by Gasteiger charge is 2.14. The van der Waals surface area contributed by atoms with Crippen LogP contribution in [0.2, 0.25) is 0 Å². The van der Waals surface area contributed by atoms with Gasteiger partial charge >= 0.3 is 0 Å². The fourth-order valence-corrected chi connectivity index (χ4v) is 2.18. The molecule has 0 saturated carbocycles. The van der Waals surface area contributed by atoms with Gasteiger partial charge in [0, 0.05) is 20.2 Å². The Balaban J connectivity index is 2.77. The van der Waals surface area contributed by atoms with E-state index in [0.29, 0.717) is 13.2 Å². The van der Waals surface area contributed by atoms with Crippen molar-refractivity contribution in [2.75, 3.05) is 54.6 Å². The Bertz CT molecular complexity index is 460. The highest BCUT2D eigenvalue weighted by atomic mass is 16.5. The second-order valence-corrected chi connectivity index (χ2v) is 5.39. The van der Waals surface area contributed by atoms with Crippen molar-refractivity contribution in [1.82, 2.24) is 15.5 Å². The van der Waals surface area contributed by atoms with Gasteiger partial charge in [-0.2, -0.15) is 0 Å². The molecule has 0 heterocycles. The summed E-state index contributed by atoms with van der Waals surface area (Å²) in [5.41, 5.74) is 1.22. The van der Waals surface area contributed by atoms with Crippen LogP contribution in [0.3, 0.4) is 0 Å². The average Bonchev–Trinajstić information content (AvgIpc) is 2.55. The Hall–Kier alpha value is -1.79. The number of ether oxygens (including phenoxy) is 2. The van der Waals surface area contributed by atoms with E-state index in [2.05, 4.69) is 48.7 Å². The third-order valence-corrected chi connectivity index (χ3v) is 3.49. The zero-order valence-electron chi connectivity index (χ0n) is 14.9. The normalized spacial score (nSPS) is 13.0. The van der Waals surface area contributed by atoms with Crippen LogP contribution in [0.5, 0.6) is 5.75 Å². The van der Waals surface area contributed by atoms with Gasteiger partial charge in [0.15, 0.2) is 5.96 Å². The van der Waals surface area contributed by atoms with Gasteiger partial charge in [0.25, 0.3) is 0 Å². The minimum absolute atomic E-state index is 0.207. The van der Waals surface area contributed by atoms with Crippen LogP contribution in [0, 0.1) is 0 Å². The lowest BCUT2D eigenvalue weighted by atomic mass is 10.1. The van der Waals surface area contributed by atoms with Crippen LogP contribution < -0.4 is 15.4 Å². The van der Waals surface area contributed by atoms with E-state index >= 15 is 0 Å². The molecule has 0 aromatic heterocycles. The summed E-state index contributed by atoms with van der Waals surface area (Å²) in [4.78, 5) is 6.86. The first kappa shape index (κ1) is 19.3. The first-order chi connectivity index (χ1) is 11.1. The van der Waals surface area contributed by atoms with Crippen molar-refractivity contribution in [1.29, 1.82) is 0 Å². The largest absolute Gasteiger partial charge is 0.497 e. The Morgan fingerprint density at radius 1 is 1.17 bits per heavy atom. The van der Waals surface area contributed by atoms with E-state index in [9.17, 15) is 0 Å².